The van der Waals surface area contributed by atoms with Crippen molar-refractivity contribution in [1.82, 2.24) is 30.0 Å². The van der Waals surface area contributed by atoms with Gasteiger partial charge >= 0.3 is 0 Å². The highest BCUT2D eigenvalue weighted by Crippen LogP contribution is 2.36. The van der Waals surface area contributed by atoms with Gasteiger partial charge in [-0.05, 0) is 24.7 Å². The Kier molecular flexibility index (Phi) is 5.98. The van der Waals surface area contributed by atoms with E-state index in [-0.39, 0.29) is 6.04 Å². The van der Waals surface area contributed by atoms with Crippen molar-refractivity contribution in [2.75, 3.05) is 26.8 Å². The van der Waals surface area contributed by atoms with Crippen LogP contribution in [0.4, 0.5) is 0 Å². The summed E-state index contributed by atoms with van der Waals surface area (Å²) >= 11 is 0. The molecule has 6 rings (SSSR count). The quantitative estimate of drug-likeness (QED) is 0.400. The summed E-state index contributed by atoms with van der Waals surface area (Å²) in [6.45, 7) is 2.93. The molecule has 1 atom stereocenters. The molecule has 4 heterocycles. The van der Waals surface area contributed by atoms with Crippen LogP contribution >= 0.6 is 0 Å². The fourth-order valence-electron chi connectivity index (χ4n) is 4.66. The summed E-state index contributed by atoms with van der Waals surface area (Å²) in [5.41, 5.74) is 10.9. The van der Waals surface area contributed by atoms with E-state index >= 15 is 0 Å². The number of ether oxygens (including phenoxy) is 1. The summed E-state index contributed by atoms with van der Waals surface area (Å²) in [7, 11) is 2.08. The lowest BCUT2D eigenvalue weighted by atomic mass is 9.96. The topological polar surface area (TPSA) is 107 Å². The van der Waals surface area contributed by atoms with Crippen molar-refractivity contribution in [2.24, 2.45) is 0 Å². The number of hydrogen-bond donors (Lipinski definition) is 2. The number of morpholine rings is 1. The van der Waals surface area contributed by atoms with Crippen LogP contribution in [0, 0.1) is 0 Å². The first-order valence-electron chi connectivity index (χ1n) is 12.2. The Morgan fingerprint density at radius 3 is 2.61 bits per heavy atom. The lowest BCUT2D eigenvalue weighted by Gasteiger charge is -2.30. The van der Waals surface area contributed by atoms with Crippen molar-refractivity contribution in [3.8, 4) is 33.9 Å². The van der Waals surface area contributed by atoms with Gasteiger partial charge in [-0.2, -0.15) is 5.10 Å². The summed E-state index contributed by atoms with van der Waals surface area (Å²) in [5.74, 6) is 1.34. The summed E-state index contributed by atoms with van der Waals surface area (Å²) in [4.78, 5) is 16.9. The first kappa shape index (κ1) is 22.5. The number of nitrogens with one attached hydrogen (secondary N) is 1. The molecule has 5 aromatic rings. The maximum atomic E-state index is 5.67. The van der Waals surface area contributed by atoms with E-state index in [1.807, 2.05) is 24.3 Å². The number of hydrogen-bond acceptors (Lipinski definition) is 6. The average Bonchev–Trinajstić information content (AvgIpc) is 3.42. The second kappa shape index (κ2) is 9.58. The average molecular weight is 479 g/mol. The van der Waals surface area contributed by atoms with Gasteiger partial charge < -0.3 is 10.5 Å². The fourth-order valence-corrected chi connectivity index (χ4v) is 4.66. The van der Waals surface area contributed by atoms with E-state index in [4.69, 9.17) is 14.7 Å². The number of H-pyrrole nitrogens is 1. The third-order valence-electron chi connectivity index (χ3n) is 6.77. The Hall–Kier alpha value is -3.98. The van der Waals surface area contributed by atoms with Gasteiger partial charge in [0.1, 0.15) is 11.5 Å². The molecule has 2 aromatic carbocycles. The van der Waals surface area contributed by atoms with Crippen molar-refractivity contribution in [2.45, 2.75) is 12.6 Å². The van der Waals surface area contributed by atoms with E-state index in [1.54, 1.807) is 6.20 Å². The minimum Gasteiger partial charge on any atom is -0.378 e. The zero-order valence-corrected chi connectivity index (χ0v) is 20.2. The number of likely N-dealkylation sites (N-methyl/N-ethyl adjacent to an activating group) is 1. The Morgan fingerprint density at radius 2 is 1.83 bits per heavy atom. The number of rotatable bonds is 5. The third kappa shape index (κ3) is 4.15. The largest absolute Gasteiger partial charge is 0.378 e. The van der Waals surface area contributed by atoms with Gasteiger partial charge in [0.15, 0.2) is 0 Å². The fraction of sp³-hybridized carbons (Fsp3) is 0.214. The highest BCUT2D eigenvalue weighted by atomic mass is 16.5. The Bertz CT molecular complexity index is 1500. The Morgan fingerprint density at radius 1 is 1.00 bits per heavy atom. The molecule has 180 valence electrons. The molecule has 0 aliphatic carbocycles. The van der Waals surface area contributed by atoms with Gasteiger partial charge in [-0.15, -0.1) is 0 Å². The molecule has 4 N–H and O–H groups in total. The molecule has 1 saturated heterocycles. The van der Waals surface area contributed by atoms with E-state index in [1.165, 1.54) is 5.56 Å². The summed E-state index contributed by atoms with van der Waals surface area (Å²) < 4.78 is 5.67. The molecule has 3 aromatic heterocycles. The number of benzene rings is 2. The van der Waals surface area contributed by atoms with Crippen molar-refractivity contribution in [3.05, 3.63) is 84.3 Å². The van der Waals surface area contributed by atoms with E-state index < -0.39 is 0 Å². The minimum absolute atomic E-state index is 0.0425. The van der Waals surface area contributed by atoms with Crippen molar-refractivity contribution < 1.29 is 10.5 Å². The van der Waals surface area contributed by atoms with Crippen LogP contribution in [-0.2, 0) is 11.3 Å². The van der Waals surface area contributed by atoms with Crippen molar-refractivity contribution >= 4 is 10.9 Å². The molecule has 1 aliphatic heterocycles. The van der Waals surface area contributed by atoms with Gasteiger partial charge in [-0.25, -0.2) is 9.97 Å². The molecule has 0 bridgehead atoms. The summed E-state index contributed by atoms with van der Waals surface area (Å²) in [6.07, 6.45) is 1.77. The highest BCUT2D eigenvalue weighted by Gasteiger charge is 2.25. The second-order valence-electron chi connectivity index (χ2n) is 9.04. The smallest absolute Gasteiger partial charge is 0.200 e. The van der Waals surface area contributed by atoms with Gasteiger partial charge in [0.2, 0.25) is 5.82 Å². The summed E-state index contributed by atoms with van der Waals surface area (Å²) in [6, 6.07) is 22.9. The predicted octanol–water partition coefficient (Wildman–Crippen LogP) is 3.49. The van der Waals surface area contributed by atoms with Crippen LogP contribution in [0.2, 0.25) is 0 Å². The molecule has 1 aliphatic rings. The van der Waals surface area contributed by atoms with E-state index in [0.717, 1.165) is 58.8 Å². The molecule has 8 nitrogen and oxygen atoms in total. The number of aromatic nitrogens is 5. The molecule has 0 spiro atoms. The van der Waals surface area contributed by atoms with Crippen LogP contribution in [0.25, 0.3) is 44.8 Å². The van der Waals surface area contributed by atoms with Crippen LogP contribution in [0.3, 0.4) is 0 Å². The molecular formula is C28H28N7O+. The highest BCUT2D eigenvalue weighted by molar-refractivity contribution is 5.97. The standard InChI is InChI=1S/C28H27N7O/c1-35-13-14-36-17-24(35)27-32-28(34-33-27)26-22-15-21(19-5-3-2-4-6-19)25(31-23(22)11-12-30-26)20-9-7-18(16-29)8-10-20/h2-12,15,24H,13-14,16-17,29H2,1H3,(H,32,33,34)/p+1. The van der Waals surface area contributed by atoms with Crippen LogP contribution in [0.5, 0.6) is 0 Å². The lowest BCUT2D eigenvalue weighted by molar-refractivity contribution is -0.386. The maximum Gasteiger partial charge on any atom is 0.200 e. The van der Waals surface area contributed by atoms with Gasteiger partial charge in [0.05, 0.1) is 37.0 Å². The van der Waals surface area contributed by atoms with Gasteiger partial charge in [-0.3, -0.25) is 15.0 Å². The molecule has 1 unspecified atom stereocenters. The second-order valence-corrected chi connectivity index (χ2v) is 9.04. The minimum atomic E-state index is 0.0425. The number of fused-ring (bicyclic) bond motifs is 1. The molecule has 1 fully saturated rings. The lowest BCUT2D eigenvalue weighted by Crippen LogP contribution is -2.47. The first-order valence-corrected chi connectivity index (χ1v) is 12.2. The SMILES string of the molecule is CN1CCOCC1c1nc(-c2nccc3nc(-c4ccc(C[NH3+])cc4)c(-c4ccccc4)cc23)n[nH]1. The Balaban J connectivity index is 1.50. The third-order valence-corrected chi connectivity index (χ3v) is 6.77. The molecule has 0 saturated carbocycles. The number of quaternary nitrogens is 1. The first-order chi connectivity index (χ1) is 17.7. The summed E-state index contributed by atoms with van der Waals surface area (Å²) in [5, 5.41) is 8.56. The van der Waals surface area contributed by atoms with Crippen LogP contribution in [0.1, 0.15) is 17.4 Å². The molecule has 8 heteroatoms. The van der Waals surface area contributed by atoms with Crippen molar-refractivity contribution in [1.29, 1.82) is 0 Å². The zero-order valence-electron chi connectivity index (χ0n) is 20.2. The number of pyridine rings is 2. The molecule has 36 heavy (non-hydrogen) atoms. The Labute approximate surface area is 209 Å². The number of aromatic amines is 1. The number of nitrogens with zero attached hydrogens (tertiary/aromatic N) is 5. The zero-order chi connectivity index (χ0) is 24.5. The van der Waals surface area contributed by atoms with Crippen LogP contribution < -0.4 is 5.73 Å². The molecule has 0 amide bonds. The monoisotopic (exact) mass is 478 g/mol. The maximum absolute atomic E-state index is 5.67. The van der Waals surface area contributed by atoms with E-state index in [2.05, 4.69) is 75.3 Å². The van der Waals surface area contributed by atoms with Crippen LogP contribution in [-0.4, -0.2) is 56.9 Å². The van der Waals surface area contributed by atoms with Gasteiger partial charge in [0, 0.05) is 34.8 Å². The molecular weight excluding hydrogens is 450 g/mol. The van der Waals surface area contributed by atoms with Crippen molar-refractivity contribution in [3.63, 3.8) is 0 Å². The van der Waals surface area contributed by atoms with E-state index in [0.29, 0.717) is 18.1 Å². The molecule has 0 radical (unpaired) electrons. The normalized spacial score (nSPS) is 16.4. The van der Waals surface area contributed by atoms with Crippen LogP contribution in [0.15, 0.2) is 72.9 Å². The van der Waals surface area contributed by atoms with Gasteiger partial charge in [0.25, 0.3) is 0 Å². The van der Waals surface area contributed by atoms with E-state index in [9.17, 15) is 0 Å². The van der Waals surface area contributed by atoms with Gasteiger partial charge in [-0.1, -0.05) is 54.6 Å². The predicted molar refractivity (Wildman–Crippen MR) is 139 cm³/mol.